The molecule has 1 aliphatic rings. The second-order valence-corrected chi connectivity index (χ2v) is 14.8. The van der Waals surface area contributed by atoms with E-state index in [1.54, 1.807) is 12.1 Å². The molecule has 52 heavy (non-hydrogen) atoms. The average molecular weight is 951 g/mol. The second kappa shape index (κ2) is 19.0. The van der Waals surface area contributed by atoms with E-state index < -0.39 is 46.8 Å². The van der Waals surface area contributed by atoms with Crippen LogP contribution in [0.1, 0.15) is 53.8 Å². The first-order valence-corrected chi connectivity index (χ1v) is 18.1. The minimum Gasteiger partial charge on any atom is -0.391 e. The van der Waals surface area contributed by atoms with Crippen LogP contribution >= 0.6 is 45.2 Å². The molecule has 1 saturated carbocycles. The van der Waals surface area contributed by atoms with Crippen LogP contribution in [0.2, 0.25) is 0 Å². The van der Waals surface area contributed by atoms with E-state index in [2.05, 4.69) is 21.6 Å². The Morgan fingerprint density at radius 1 is 0.731 bits per heavy atom. The molecule has 0 heterocycles. The molecular weight excluding hydrogens is 914 g/mol. The summed E-state index contributed by atoms with van der Waals surface area (Å²) in [7, 11) is 0. The number of anilines is 4. The maximum absolute atomic E-state index is 14.1. The van der Waals surface area contributed by atoms with Crippen molar-refractivity contribution in [2.45, 2.75) is 44.8 Å². The van der Waals surface area contributed by atoms with Gasteiger partial charge in [0, 0.05) is 7.14 Å². The Labute approximate surface area is 324 Å². The van der Waals surface area contributed by atoms with Gasteiger partial charge in [-0.3, -0.25) is 19.3 Å². The molecule has 1 unspecified atom stereocenters. The standard InChI is InChI=1S/C19H21F2IN2O3.C17H15F2IN2O3/c1-11(2)7-14(25)10-27-24-19(26)15-5-3-12(20)8-18(15)23-17-6-4-13(22)9-16(17)21;18-10-1-3-12(16(23)22-25-9-17(24)5-6-17)15(7-10)21-14-4-2-11(20)8-13(14)19/h3-6,8-9,11,14,23,25H,7,10H2,1-2H3,(H,24,26);1-4,7-8,21,24H,5-6,9H2,(H,22,23). The lowest BCUT2D eigenvalue weighted by Gasteiger charge is -2.15. The Hall–Kier alpha value is -3.56. The molecular formula is C36H36F4I2N4O6. The number of halogens is 6. The summed E-state index contributed by atoms with van der Waals surface area (Å²) in [4.78, 5) is 34.6. The average Bonchev–Trinajstić information content (AvgIpc) is 3.80. The van der Waals surface area contributed by atoms with Gasteiger partial charge in [-0.2, -0.15) is 0 Å². The van der Waals surface area contributed by atoms with Crippen LogP contribution in [-0.2, 0) is 9.68 Å². The van der Waals surface area contributed by atoms with E-state index in [1.807, 2.05) is 59.0 Å². The van der Waals surface area contributed by atoms with Gasteiger partial charge in [-0.15, -0.1) is 0 Å². The quantitative estimate of drug-likeness (QED) is 0.0427. The minimum atomic E-state index is -0.874. The van der Waals surface area contributed by atoms with Crippen molar-refractivity contribution in [3.8, 4) is 0 Å². The van der Waals surface area contributed by atoms with Gasteiger partial charge < -0.3 is 20.8 Å². The molecule has 1 fully saturated rings. The highest BCUT2D eigenvalue weighted by atomic mass is 127. The van der Waals surface area contributed by atoms with Crippen molar-refractivity contribution in [2.24, 2.45) is 5.92 Å². The maximum Gasteiger partial charge on any atom is 0.276 e. The van der Waals surface area contributed by atoms with Gasteiger partial charge in [0.2, 0.25) is 0 Å². The lowest BCUT2D eigenvalue weighted by Crippen LogP contribution is -2.29. The molecule has 0 spiro atoms. The summed E-state index contributed by atoms with van der Waals surface area (Å²) in [6.07, 6.45) is 1.07. The number of hydrogen-bond acceptors (Lipinski definition) is 8. The molecule has 0 radical (unpaired) electrons. The maximum atomic E-state index is 14.1. The number of hydroxylamine groups is 2. The van der Waals surface area contributed by atoms with Crippen molar-refractivity contribution in [1.29, 1.82) is 0 Å². The molecule has 5 rings (SSSR count). The van der Waals surface area contributed by atoms with Crippen LogP contribution in [0.4, 0.5) is 40.3 Å². The van der Waals surface area contributed by atoms with Gasteiger partial charge >= 0.3 is 0 Å². The molecule has 278 valence electrons. The number of benzene rings is 4. The van der Waals surface area contributed by atoms with Crippen LogP contribution < -0.4 is 21.6 Å². The number of rotatable bonds is 14. The molecule has 2 amide bonds. The third-order valence-electron chi connectivity index (χ3n) is 7.37. The molecule has 4 aromatic rings. The predicted molar refractivity (Wildman–Crippen MR) is 204 cm³/mol. The Morgan fingerprint density at radius 3 is 1.62 bits per heavy atom. The Bertz CT molecular complexity index is 1880. The monoisotopic (exact) mass is 950 g/mol. The van der Waals surface area contributed by atoms with Crippen LogP contribution in [0, 0.1) is 36.3 Å². The zero-order chi connectivity index (χ0) is 38.0. The first-order chi connectivity index (χ1) is 24.6. The molecule has 4 aromatic carbocycles. The number of aliphatic hydroxyl groups is 2. The van der Waals surface area contributed by atoms with E-state index in [0.29, 0.717) is 26.4 Å². The van der Waals surface area contributed by atoms with E-state index in [0.717, 1.165) is 24.3 Å². The zero-order valence-corrected chi connectivity index (χ0v) is 32.2. The van der Waals surface area contributed by atoms with Crippen molar-refractivity contribution in [3.63, 3.8) is 0 Å². The van der Waals surface area contributed by atoms with E-state index in [4.69, 9.17) is 9.68 Å². The van der Waals surface area contributed by atoms with Crippen molar-refractivity contribution in [1.82, 2.24) is 11.0 Å². The van der Waals surface area contributed by atoms with Crippen LogP contribution in [0.3, 0.4) is 0 Å². The van der Waals surface area contributed by atoms with E-state index >= 15 is 0 Å². The van der Waals surface area contributed by atoms with Crippen molar-refractivity contribution < 1.29 is 47.0 Å². The molecule has 10 nitrogen and oxygen atoms in total. The van der Waals surface area contributed by atoms with Crippen LogP contribution in [0.25, 0.3) is 0 Å². The van der Waals surface area contributed by atoms with E-state index in [1.165, 1.54) is 36.4 Å². The van der Waals surface area contributed by atoms with Crippen LogP contribution in [0.15, 0.2) is 72.8 Å². The van der Waals surface area contributed by atoms with Gasteiger partial charge in [-0.25, -0.2) is 28.5 Å². The normalized spacial score (nSPS) is 13.4. The van der Waals surface area contributed by atoms with Gasteiger partial charge in [0.05, 0.1) is 45.6 Å². The largest absolute Gasteiger partial charge is 0.391 e. The number of amides is 2. The van der Waals surface area contributed by atoms with Gasteiger partial charge in [-0.05, 0) is 143 Å². The highest BCUT2D eigenvalue weighted by Crippen LogP contribution is 2.35. The van der Waals surface area contributed by atoms with Crippen molar-refractivity contribution in [2.75, 3.05) is 23.8 Å². The van der Waals surface area contributed by atoms with Gasteiger partial charge in [-0.1, -0.05) is 13.8 Å². The third kappa shape index (κ3) is 12.8. The molecule has 16 heteroatoms. The first-order valence-electron chi connectivity index (χ1n) is 15.9. The molecule has 6 N–H and O–H groups in total. The Kier molecular flexibility index (Phi) is 15.0. The number of hydrogen-bond donors (Lipinski definition) is 6. The highest BCUT2D eigenvalue weighted by molar-refractivity contribution is 14.1. The zero-order valence-electron chi connectivity index (χ0n) is 27.9. The molecule has 0 bridgehead atoms. The lowest BCUT2D eigenvalue weighted by molar-refractivity contribution is -0.0230. The van der Waals surface area contributed by atoms with Crippen LogP contribution in [-0.4, -0.2) is 46.9 Å². The van der Waals surface area contributed by atoms with Crippen LogP contribution in [0.5, 0.6) is 0 Å². The fraction of sp³-hybridized carbons (Fsp3) is 0.278. The SMILES string of the molecule is CC(C)CC(O)CONC(=O)c1ccc(F)cc1Nc1ccc(I)cc1F.O=C(NOCC1(O)CC1)c1ccc(F)cc1Nc1ccc(I)cc1F. The summed E-state index contributed by atoms with van der Waals surface area (Å²) in [5, 5.41) is 24.9. The summed E-state index contributed by atoms with van der Waals surface area (Å²) >= 11 is 3.95. The second-order valence-electron chi connectivity index (χ2n) is 12.3. The van der Waals surface area contributed by atoms with Crippen molar-refractivity contribution >= 4 is 79.7 Å². The fourth-order valence-electron chi connectivity index (χ4n) is 4.56. The molecule has 1 atom stereocenters. The molecule has 0 saturated heterocycles. The van der Waals surface area contributed by atoms with Gasteiger partial charge in [0.1, 0.15) is 36.5 Å². The summed E-state index contributed by atoms with van der Waals surface area (Å²) in [6, 6.07) is 16.0. The number of carbonyl (C=O) groups is 2. The summed E-state index contributed by atoms with van der Waals surface area (Å²) in [6.45, 7) is 3.83. The summed E-state index contributed by atoms with van der Waals surface area (Å²) < 4.78 is 56.7. The highest BCUT2D eigenvalue weighted by Gasteiger charge is 2.41. The first kappa shape index (κ1) is 41.2. The number of carbonyl (C=O) groups excluding carboxylic acids is 2. The number of aliphatic hydroxyl groups excluding tert-OH is 1. The summed E-state index contributed by atoms with van der Waals surface area (Å²) in [5.74, 6) is -3.17. The molecule has 1 aliphatic carbocycles. The van der Waals surface area contributed by atoms with Gasteiger partial charge in [0.25, 0.3) is 11.8 Å². The predicted octanol–water partition coefficient (Wildman–Crippen LogP) is 7.88. The molecule has 0 aliphatic heterocycles. The third-order valence-corrected chi connectivity index (χ3v) is 8.71. The fourth-order valence-corrected chi connectivity index (χ4v) is 5.46. The number of nitrogens with one attached hydrogen (secondary N) is 4. The molecule has 0 aromatic heterocycles. The lowest BCUT2D eigenvalue weighted by atomic mass is 10.1. The smallest absolute Gasteiger partial charge is 0.276 e. The van der Waals surface area contributed by atoms with E-state index in [-0.39, 0.29) is 53.0 Å². The Balaban J connectivity index is 0.000000233. The topological polar surface area (TPSA) is 141 Å². The van der Waals surface area contributed by atoms with Gasteiger partial charge in [0.15, 0.2) is 0 Å². The minimum absolute atomic E-state index is 0.0194. The Morgan fingerprint density at radius 2 is 1.19 bits per heavy atom. The summed E-state index contributed by atoms with van der Waals surface area (Å²) in [5.41, 5.74) is 4.15. The van der Waals surface area contributed by atoms with E-state index in [9.17, 15) is 37.4 Å². The van der Waals surface area contributed by atoms with Crippen molar-refractivity contribution in [3.05, 3.63) is 114 Å².